The highest BCUT2D eigenvalue weighted by atomic mass is 16.5. The molecule has 128 valence electrons. The van der Waals surface area contributed by atoms with Gasteiger partial charge in [0.1, 0.15) is 12.4 Å². The van der Waals surface area contributed by atoms with E-state index in [0.29, 0.717) is 19.5 Å². The summed E-state index contributed by atoms with van der Waals surface area (Å²) >= 11 is 0. The van der Waals surface area contributed by atoms with Gasteiger partial charge in [-0.1, -0.05) is 19.1 Å². The SMILES string of the molecule is COCC(=O)N(CCc1ccc(OC)cc1)CC(C)C(=O)OC. The van der Waals surface area contributed by atoms with E-state index < -0.39 is 0 Å². The van der Waals surface area contributed by atoms with E-state index in [-0.39, 0.29) is 24.4 Å². The molecule has 1 aromatic carbocycles. The van der Waals surface area contributed by atoms with Crippen LogP contribution in [-0.4, -0.2) is 57.8 Å². The second kappa shape index (κ2) is 9.84. The van der Waals surface area contributed by atoms with Crippen molar-refractivity contribution < 1.29 is 23.8 Å². The van der Waals surface area contributed by atoms with Gasteiger partial charge in [-0.15, -0.1) is 0 Å². The predicted molar refractivity (Wildman–Crippen MR) is 86.3 cm³/mol. The first kappa shape index (κ1) is 19.0. The van der Waals surface area contributed by atoms with E-state index >= 15 is 0 Å². The fourth-order valence-corrected chi connectivity index (χ4v) is 2.20. The van der Waals surface area contributed by atoms with E-state index in [9.17, 15) is 9.59 Å². The topological polar surface area (TPSA) is 65.1 Å². The van der Waals surface area contributed by atoms with Crippen LogP contribution in [0.1, 0.15) is 12.5 Å². The minimum atomic E-state index is -0.378. The minimum Gasteiger partial charge on any atom is -0.497 e. The van der Waals surface area contributed by atoms with Crippen LogP contribution in [0, 0.1) is 5.92 Å². The quantitative estimate of drug-likeness (QED) is 0.645. The Kier molecular flexibility index (Phi) is 8.11. The molecule has 6 nitrogen and oxygen atoms in total. The lowest BCUT2D eigenvalue weighted by molar-refractivity contribution is -0.147. The largest absolute Gasteiger partial charge is 0.497 e. The Balaban J connectivity index is 2.67. The highest BCUT2D eigenvalue weighted by Crippen LogP contribution is 2.12. The molecule has 0 bridgehead atoms. The van der Waals surface area contributed by atoms with Crippen LogP contribution in [0.5, 0.6) is 5.75 Å². The van der Waals surface area contributed by atoms with Crippen LogP contribution in [0.15, 0.2) is 24.3 Å². The summed E-state index contributed by atoms with van der Waals surface area (Å²) in [6.45, 7) is 2.56. The lowest BCUT2D eigenvalue weighted by Crippen LogP contribution is -2.40. The molecule has 0 N–H and O–H groups in total. The van der Waals surface area contributed by atoms with E-state index in [1.807, 2.05) is 24.3 Å². The van der Waals surface area contributed by atoms with E-state index in [2.05, 4.69) is 0 Å². The summed E-state index contributed by atoms with van der Waals surface area (Å²) in [6.07, 6.45) is 0.688. The van der Waals surface area contributed by atoms with Gasteiger partial charge in [-0.25, -0.2) is 0 Å². The van der Waals surface area contributed by atoms with E-state index in [0.717, 1.165) is 11.3 Å². The molecule has 0 aromatic heterocycles. The lowest BCUT2D eigenvalue weighted by Gasteiger charge is -2.25. The van der Waals surface area contributed by atoms with Crippen molar-refractivity contribution in [1.29, 1.82) is 0 Å². The van der Waals surface area contributed by atoms with Gasteiger partial charge in [0.25, 0.3) is 0 Å². The summed E-state index contributed by atoms with van der Waals surface area (Å²) in [5.74, 6) is -0.0570. The molecule has 0 aliphatic rings. The van der Waals surface area contributed by atoms with Gasteiger partial charge in [-0.05, 0) is 24.1 Å². The molecular weight excluding hydrogens is 298 g/mol. The number of methoxy groups -OCH3 is 3. The average molecular weight is 323 g/mol. The van der Waals surface area contributed by atoms with Gasteiger partial charge in [0, 0.05) is 20.2 Å². The standard InChI is InChI=1S/C17H25NO5/c1-13(17(20)23-4)11-18(16(19)12-21-2)10-9-14-5-7-15(22-3)8-6-14/h5-8,13H,9-12H2,1-4H3. The summed E-state index contributed by atoms with van der Waals surface area (Å²) in [5.41, 5.74) is 1.09. The average Bonchev–Trinajstić information content (AvgIpc) is 2.58. The molecule has 0 saturated carbocycles. The summed E-state index contributed by atoms with van der Waals surface area (Å²) in [4.78, 5) is 25.3. The van der Waals surface area contributed by atoms with Crippen molar-refractivity contribution in [1.82, 2.24) is 4.90 Å². The second-order valence-corrected chi connectivity index (χ2v) is 5.30. The number of carbonyl (C=O) groups excluding carboxylic acids is 2. The van der Waals surface area contributed by atoms with Crippen molar-refractivity contribution in [2.24, 2.45) is 5.92 Å². The Bertz CT molecular complexity index is 500. The van der Waals surface area contributed by atoms with Crippen LogP contribution < -0.4 is 4.74 Å². The van der Waals surface area contributed by atoms with Gasteiger partial charge in [0.05, 0.1) is 20.1 Å². The molecule has 1 aromatic rings. The molecule has 1 atom stereocenters. The normalized spacial score (nSPS) is 11.7. The van der Waals surface area contributed by atoms with E-state index in [1.165, 1.54) is 14.2 Å². The Morgan fingerprint density at radius 1 is 1.13 bits per heavy atom. The van der Waals surface area contributed by atoms with Crippen molar-refractivity contribution in [3.05, 3.63) is 29.8 Å². The Morgan fingerprint density at radius 3 is 2.30 bits per heavy atom. The summed E-state index contributed by atoms with van der Waals surface area (Å²) in [6, 6.07) is 7.69. The van der Waals surface area contributed by atoms with Crippen LogP contribution in [0.25, 0.3) is 0 Å². The summed E-state index contributed by atoms with van der Waals surface area (Å²) in [5, 5.41) is 0. The Hall–Kier alpha value is -2.08. The zero-order valence-electron chi connectivity index (χ0n) is 14.2. The predicted octanol–water partition coefficient (Wildman–Crippen LogP) is 1.52. The third kappa shape index (κ3) is 6.28. The third-order valence-electron chi connectivity index (χ3n) is 3.55. The monoisotopic (exact) mass is 323 g/mol. The zero-order chi connectivity index (χ0) is 17.2. The van der Waals surface area contributed by atoms with Crippen LogP contribution >= 0.6 is 0 Å². The van der Waals surface area contributed by atoms with Crippen LogP contribution in [0.3, 0.4) is 0 Å². The fourth-order valence-electron chi connectivity index (χ4n) is 2.20. The first-order valence-corrected chi connectivity index (χ1v) is 7.49. The van der Waals surface area contributed by atoms with E-state index in [4.69, 9.17) is 14.2 Å². The summed E-state index contributed by atoms with van der Waals surface area (Å²) < 4.78 is 14.8. The van der Waals surface area contributed by atoms with Gasteiger partial charge in [0.2, 0.25) is 5.91 Å². The van der Waals surface area contributed by atoms with Crippen molar-refractivity contribution in [2.75, 3.05) is 41.0 Å². The maximum absolute atomic E-state index is 12.1. The minimum absolute atomic E-state index is 0.00347. The van der Waals surface area contributed by atoms with Crippen LogP contribution in [-0.2, 0) is 25.5 Å². The number of amides is 1. The number of nitrogens with zero attached hydrogens (tertiary/aromatic N) is 1. The van der Waals surface area contributed by atoms with Gasteiger partial charge in [-0.3, -0.25) is 9.59 Å². The number of esters is 1. The van der Waals surface area contributed by atoms with Crippen molar-refractivity contribution >= 4 is 11.9 Å². The maximum atomic E-state index is 12.1. The Labute approximate surface area is 137 Å². The number of ether oxygens (including phenoxy) is 3. The number of carbonyl (C=O) groups is 2. The second-order valence-electron chi connectivity index (χ2n) is 5.30. The molecule has 0 aliphatic carbocycles. The maximum Gasteiger partial charge on any atom is 0.310 e. The fraction of sp³-hybridized carbons (Fsp3) is 0.529. The van der Waals surface area contributed by atoms with Crippen molar-refractivity contribution in [3.8, 4) is 5.75 Å². The zero-order valence-corrected chi connectivity index (χ0v) is 14.2. The number of hydrogen-bond donors (Lipinski definition) is 0. The third-order valence-corrected chi connectivity index (χ3v) is 3.55. The van der Waals surface area contributed by atoms with Gasteiger partial charge in [-0.2, -0.15) is 0 Å². The number of benzene rings is 1. The molecule has 0 saturated heterocycles. The smallest absolute Gasteiger partial charge is 0.310 e. The first-order chi connectivity index (χ1) is 11.0. The highest BCUT2D eigenvalue weighted by Gasteiger charge is 2.21. The van der Waals surface area contributed by atoms with Gasteiger partial charge in [0.15, 0.2) is 0 Å². The molecular formula is C17H25NO5. The molecule has 0 heterocycles. The molecule has 0 fully saturated rings. The molecule has 1 rings (SSSR count). The van der Waals surface area contributed by atoms with Crippen molar-refractivity contribution in [3.63, 3.8) is 0 Å². The highest BCUT2D eigenvalue weighted by molar-refractivity contribution is 5.79. The molecule has 0 radical (unpaired) electrons. The number of rotatable bonds is 9. The van der Waals surface area contributed by atoms with E-state index in [1.54, 1.807) is 18.9 Å². The molecule has 0 spiro atoms. The Morgan fingerprint density at radius 2 is 1.78 bits per heavy atom. The molecule has 6 heteroatoms. The van der Waals surface area contributed by atoms with Crippen LogP contribution in [0.4, 0.5) is 0 Å². The molecule has 23 heavy (non-hydrogen) atoms. The molecule has 0 aliphatic heterocycles. The van der Waals surface area contributed by atoms with Crippen molar-refractivity contribution in [2.45, 2.75) is 13.3 Å². The lowest BCUT2D eigenvalue weighted by atomic mass is 10.1. The summed E-state index contributed by atoms with van der Waals surface area (Å²) in [7, 11) is 4.44. The molecule has 1 unspecified atom stereocenters. The van der Waals surface area contributed by atoms with Gasteiger partial charge >= 0.3 is 5.97 Å². The molecule has 1 amide bonds. The first-order valence-electron chi connectivity index (χ1n) is 7.49. The van der Waals surface area contributed by atoms with Crippen LogP contribution in [0.2, 0.25) is 0 Å². The number of hydrogen-bond acceptors (Lipinski definition) is 5. The van der Waals surface area contributed by atoms with Gasteiger partial charge < -0.3 is 19.1 Å².